The van der Waals surface area contributed by atoms with Gasteiger partial charge in [-0.2, -0.15) is 0 Å². The zero-order valence-electron chi connectivity index (χ0n) is 14.1. The molecule has 1 atom stereocenters. The van der Waals surface area contributed by atoms with Crippen molar-refractivity contribution < 1.29 is 13.9 Å². The largest absolute Gasteiger partial charge is 0.372 e. The molecule has 1 unspecified atom stereocenters. The second kappa shape index (κ2) is 5.79. The Balaban J connectivity index is 1.51. The molecule has 24 heavy (non-hydrogen) atoms. The number of halogens is 1. The van der Waals surface area contributed by atoms with Crippen LogP contribution in [0.2, 0.25) is 0 Å². The second-order valence-corrected chi connectivity index (χ2v) is 7.53. The van der Waals surface area contributed by atoms with Crippen LogP contribution in [-0.2, 0) is 17.7 Å². The summed E-state index contributed by atoms with van der Waals surface area (Å²) in [6.07, 6.45) is 2.78. The molecule has 0 aromatic heterocycles. The molecule has 130 valence electrons. The normalized spacial score (nSPS) is 26.8. The summed E-state index contributed by atoms with van der Waals surface area (Å²) in [4.78, 5) is 16.0. The molecule has 2 fully saturated rings. The third-order valence-electron chi connectivity index (χ3n) is 5.70. The van der Waals surface area contributed by atoms with Crippen molar-refractivity contribution in [1.29, 1.82) is 0 Å². The monoisotopic (exact) mass is 333 g/mol. The molecule has 0 bridgehead atoms. The number of primary amides is 1. The van der Waals surface area contributed by atoms with Crippen molar-refractivity contribution in [1.82, 2.24) is 9.80 Å². The van der Waals surface area contributed by atoms with E-state index in [1.807, 2.05) is 0 Å². The van der Waals surface area contributed by atoms with E-state index in [-0.39, 0.29) is 17.0 Å². The molecule has 0 aliphatic carbocycles. The molecule has 0 saturated carbocycles. The number of nitrogens with zero attached hydrogens (tertiary/aromatic N) is 2. The Kier molecular flexibility index (Phi) is 3.86. The van der Waals surface area contributed by atoms with Gasteiger partial charge in [0.1, 0.15) is 5.82 Å². The Hall–Kier alpha value is -1.50. The molecule has 3 aliphatic rings. The molecule has 1 aromatic carbocycles. The first-order valence-corrected chi connectivity index (χ1v) is 8.63. The van der Waals surface area contributed by atoms with Gasteiger partial charge < -0.3 is 15.4 Å². The predicted octanol–water partition coefficient (Wildman–Crippen LogP) is 1.15. The van der Waals surface area contributed by atoms with Crippen molar-refractivity contribution in [3.05, 3.63) is 34.6 Å². The predicted molar refractivity (Wildman–Crippen MR) is 88.2 cm³/mol. The average Bonchev–Trinajstić information content (AvgIpc) is 2.53. The SMILES string of the molecule is CN1CC2(CC(N3CCc4cc(C(N)=O)cc(F)c4C3)CCO2)C1. The lowest BCUT2D eigenvalue weighted by Gasteiger charge is -2.54. The summed E-state index contributed by atoms with van der Waals surface area (Å²) in [6, 6.07) is 3.47. The number of ether oxygens (including phenoxy) is 1. The van der Waals surface area contributed by atoms with Gasteiger partial charge in [0.05, 0.1) is 5.60 Å². The average molecular weight is 333 g/mol. The lowest BCUT2D eigenvalue weighted by molar-refractivity contribution is -0.176. The van der Waals surface area contributed by atoms with Crippen molar-refractivity contribution in [2.75, 3.05) is 33.3 Å². The highest BCUT2D eigenvalue weighted by Crippen LogP contribution is 2.36. The van der Waals surface area contributed by atoms with E-state index in [2.05, 4.69) is 16.8 Å². The summed E-state index contributed by atoms with van der Waals surface area (Å²) in [5.74, 6) is -0.879. The second-order valence-electron chi connectivity index (χ2n) is 7.53. The van der Waals surface area contributed by atoms with Crippen LogP contribution in [0.3, 0.4) is 0 Å². The fraction of sp³-hybridized carbons (Fsp3) is 0.611. The molecule has 2 saturated heterocycles. The highest BCUT2D eigenvalue weighted by atomic mass is 19.1. The Bertz CT molecular complexity index is 667. The molecule has 1 amide bonds. The maximum Gasteiger partial charge on any atom is 0.248 e. The van der Waals surface area contributed by atoms with Crippen LogP contribution >= 0.6 is 0 Å². The van der Waals surface area contributed by atoms with Crippen LogP contribution in [0.4, 0.5) is 4.39 Å². The van der Waals surface area contributed by atoms with Crippen molar-refractivity contribution in [3.63, 3.8) is 0 Å². The van der Waals surface area contributed by atoms with E-state index in [9.17, 15) is 9.18 Å². The van der Waals surface area contributed by atoms with Gasteiger partial charge in [0.15, 0.2) is 0 Å². The fourth-order valence-corrected chi connectivity index (χ4v) is 4.57. The maximum absolute atomic E-state index is 14.4. The number of rotatable bonds is 2. The molecule has 3 heterocycles. The molecule has 0 radical (unpaired) electrons. The molecule has 1 aromatic rings. The minimum Gasteiger partial charge on any atom is -0.372 e. The van der Waals surface area contributed by atoms with Crippen LogP contribution in [0.25, 0.3) is 0 Å². The third kappa shape index (κ3) is 2.72. The first-order chi connectivity index (χ1) is 11.5. The Morgan fingerprint density at radius 3 is 2.92 bits per heavy atom. The number of likely N-dealkylation sites (N-methyl/N-ethyl adjacent to an activating group) is 1. The van der Waals surface area contributed by atoms with Gasteiger partial charge in [-0.25, -0.2) is 4.39 Å². The van der Waals surface area contributed by atoms with E-state index >= 15 is 0 Å². The fourth-order valence-electron chi connectivity index (χ4n) is 4.57. The Labute approximate surface area is 141 Å². The van der Waals surface area contributed by atoms with Gasteiger partial charge in [-0.15, -0.1) is 0 Å². The Morgan fingerprint density at radius 1 is 1.42 bits per heavy atom. The van der Waals surface area contributed by atoms with Crippen LogP contribution in [0, 0.1) is 5.82 Å². The number of hydrogen-bond donors (Lipinski definition) is 1. The maximum atomic E-state index is 14.4. The molecular weight excluding hydrogens is 309 g/mol. The van der Waals surface area contributed by atoms with Gasteiger partial charge in [-0.3, -0.25) is 9.69 Å². The van der Waals surface area contributed by atoms with E-state index in [1.165, 1.54) is 6.07 Å². The van der Waals surface area contributed by atoms with Gasteiger partial charge in [0, 0.05) is 50.0 Å². The summed E-state index contributed by atoms with van der Waals surface area (Å²) in [5, 5.41) is 0. The minimum absolute atomic E-state index is 0.00626. The zero-order chi connectivity index (χ0) is 16.9. The van der Waals surface area contributed by atoms with E-state index in [0.717, 1.165) is 56.6 Å². The Morgan fingerprint density at radius 2 is 2.21 bits per heavy atom. The number of amides is 1. The molecule has 5 nitrogen and oxygen atoms in total. The van der Waals surface area contributed by atoms with E-state index < -0.39 is 5.91 Å². The van der Waals surface area contributed by atoms with Gasteiger partial charge >= 0.3 is 0 Å². The molecule has 2 N–H and O–H groups in total. The molecule has 6 heteroatoms. The van der Waals surface area contributed by atoms with E-state index in [1.54, 1.807) is 6.07 Å². The molecular formula is C18H24FN3O2. The molecule has 1 spiro atoms. The minimum atomic E-state index is -0.570. The number of benzene rings is 1. The van der Waals surface area contributed by atoms with Crippen LogP contribution in [0.5, 0.6) is 0 Å². The van der Waals surface area contributed by atoms with Crippen LogP contribution in [0.1, 0.15) is 34.3 Å². The summed E-state index contributed by atoms with van der Waals surface area (Å²) < 4.78 is 20.5. The van der Waals surface area contributed by atoms with Gasteiger partial charge in [0.2, 0.25) is 5.91 Å². The van der Waals surface area contributed by atoms with Gasteiger partial charge in [0.25, 0.3) is 0 Å². The molecule has 4 rings (SSSR count). The summed E-state index contributed by atoms with van der Waals surface area (Å²) in [6.45, 7) is 4.27. The van der Waals surface area contributed by atoms with E-state index in [0.29, 0.717) is 12.6 Å². The highest BCUT2D eigenvalue weighted by molar-refractivity contribution is 5.93. The van der Waals surface area contributed by atoms with Gasteiger partial charge in [-0.05, 0) is 44.0 Å². The van der Waals surface area contributed by atoms with Crippen LogP contribution in [-0.4, -0.2) is 60.6 Å². The third-order valence-corrected chi connectivity index (χ3v) is 5.70. The standard InChI is InChI=1S/C18H24FN3O2/c1-21-10-18(11-21)8-14(3-5-24-18)22-4-2-12-6-13(17(20)23)7-16(19)15(12)9-22/h6-7,14H,2-5,8-11H2,1H3,(H2,20,23). The topological polar surface area (TPSA) is 58.8 Å². The van der Waals surface area contributed by atoms with Crippen LogP contribution < -0.4 is 5.73 Å². The number of fused-ring (bicyclic) bond motifs is 1. The summed E-state index contributed by atoms with van der Waals surface area (Å²) in [5.41, 5.74) is 7.20. The molecule has 3 aliphatic heterocycles. The number of carbonyl (C=O) groups is 1. The summed E-state index contributed by atoms with van der Waals surface area (Å²) >= 11 is 0. The first kappa shape index (κ1) is 16.0. The lowest BCUT2D eigenvalue weighted by atomic mass is 9.82. The highest BCUT2D eigenvalue weighted by Gasteiger charge is 2.47. The first-order valence-electron chi connectivity index (χ1n) is 8.63. The van der Waals surface area contributed by atoms with Crippen molar-refractivity contribution in [2.24, 2.45) is 5.73 Å². The lowest BCUT2D eigenvalue weighted by Crippen LogP contribution is -2.66. The van der Waals surface area contributed by atoms with E-state index in [4.69, 9.17) is 10.5 Å². The van der Waals surface area contributed by atoms with Crippen molar-refractivity contribution >= 4 is 5.91 Å². The van der Waals surface area contributed by atoms with Gasteiger partial charge in [-0.1, -0.05) is 0 Å². The number of carbonyl (C=O) groups excluding carboxylic acids is 1. The zero-order valence-corrected chi connectivity index (χ0v) is 14.1. The van der Waals surface area contributed by atoms with Crippen molar-refractivity contribution in [3.8, 4) is 0 Å². The van der Waals surface area contributed by atoms with Crippen molar-refractivity contribution in [2.45, 2.75) is 37.5 Å². The smallest absolute Gasteiger partial charge is 0.248 e. The number of likely N-dealkylation sites (tertiary alicyclic amines) is 1. The van der Waals surface area contributed by atoms with Crippen LogP contribution in [0.15, 0.2) is 12.1 Å². The summed E-state index contributed by atoms with van der Waals surface area (Å²) in [7, 11) is 2.11. The number of nitrogens with two attached hydrogens (primary N) is 1. The number of hydrogen-bond acceptors (Lipinski definition) is 4. The quantitative estimate of drug-likeness (QED) is 0.882.